The molecule has 0 radical (unpaired) electrons. The second-order valence-electron chi connectivity index (χ2n) is 6.75. The lowest BCUT2D eigenvalue weighted by molar-refractivity contribution is -0.114. The summed E-state index contributed by atoms with van der Waals surface area (Å²) in [4.78, 5) is 28.0. The third-order valence-electron chi connectivity index (χ3n) is 4.39. The van der Waals surface area contributed by atoms with Crippen molar-refractivity contribution in [1.82, 2.24) is 4.98 Å². The Morgan fingerprint density at radius 1 is 0.923 bits per heavy atom. The van der Waals surface area contributed by atoms with Gasteiger partial charge in [0.15, 0.2) is 0 Å². The molecule has 0 spiro atoms. The molecule has 26 heavy (non-hydrogen) atoms. The topological polar surface area (TPSA) is 49.9 Å². The van der Waals surface area contributed by atoms with E-state index in [-0.39, 0.29) is 12.2 Å². The van der Waals surface area contributed by atoms with Gasteiger partial charge in [-0.25, -0.2) is 0 Å². The van der Waals surface area contributed by atoms with Gasteiger partial charge in [0.25, 0.3) is 0 Å². The summed E-state index contributed by atoms with van der Waals surface area (Å²) in [6.45, 7) is 10.3. The summed E-state index contributed by atoms with van der Waals surface area (Å²) in [6, 6.07) is 11.6. The Kier molecular flexibility index (Phi) is 6.51. The molecular weight excluding hydrogens is 322 g/mol. The summed E-state index contributed by atoms with van der Waals surface area (Å²) in [7, 11) is 0. The monoisotopic (exact) mass is 349 g/mol. The first-order valence-electron chi connectivity index (χ1n) is 9.09. The van der Waals surface area contributed by atoms with Crippen LogP contribution in [0.3, 0.4) is 0 Å². The minimum Gasteiger partial charge on any atom is -0.360 e. The molecular formula is C23H27NO2. The molecule has 3 heteroatoms. The Balaban J connectivity index is 0.000000758. The van der Waals surface area contributed by atoms with Crippen molar-refractivity contribution in [2.24, 2.45) is 0 Å². The average Bonchev–Trinajstić information content (AvgIpc) is 3.03. The van der Waals surface area contributed by atoms with Crippen molar-refractivity contribution in [3.63, 3.8) is 0 Å². The van der Waals surface area contributed by atoms with Crippen molar-refractivity contribution >= 4 is 22.5 Å². The van der Waals surface area contributed by atoms with Crippen LogP contribution in [0.1, 0.15) is 52.9 Å². The summed E-state index contributed by atoms with van der Waals surface area (Å²) < 4.78 is 0. The van der Waals surface area contributed by atoms with Crippen LogP contribution in [-0.2, 0) is 11.2 Å². The molecule has 136 valence electrons. The van der Waals surface area contributed by atoms with E-state index in [4.69, 9.17) is 0 Å². The average molecular weight is 349 g/mol. The van der Waals surface area contributed by atoms with Crippen molar-refractivity contribution in [2.45, 2.75) is 47.5 Å². The van der Waals surface area contributed by atoms with Gasteiger partial charge in [0.1, 0.15) is 0 Å². The number of hydrogen-bond acceptors (Lipinski definition) is 2. The first kappa shape index (κ1) is 19.6. The molecule has 0 aliphatic carbocycles. The van der Waals surface area contributed by atoms with Gasteiger partial charge in [-0.15, -0.1) is 0 Å². The van der Waals surface area contributed by atoms with E-state index in [1.54, 1.807) is 6.20 Å². The highest BCUT2D eigenvalue weighted by Gasteiger charge is 2.20. The fourth-order valence-corrected chi connectivity index (χ4v) is 2.87. The van der Waals surface area contributed by atoms with Gasteiger partial charge in [-0.2, -0.15) is 0 Å². The third-order valence-corrected chi connectivity index (χ3v) is 4.39. The smallest absolute Gasteiger partial charge is 0.231 e. The molecule has 3 nitrogen and oxygen atoms in total. The van der Waals surface area contributed by atoms with Crippen molar-refractivity contribution < 1.29 is 9.59 Å². The van der Waals surface area contributed by atoms with E-state index >= 15 is 0 Å². The quantitative estimate of drug-likeness (QED) is 0.499. The molecule has 3 rings (SSSR count). The molecule has 3 aromatic rings. The number of aromatic amines is 1. The van der Waals surface area contributed by atoms with Crippen molar-refractivity contribution in [3.8, 4) is 0 Å². The molecule has 0 unspecified atom stereocenters. The number of ketones is 2. The van der Waals surface area contributed by atoms with E-state index in [1.807, 2.05) is 51.1 Å². The van der Waals surface area contributed by atoms with E-state index in [2.05, 4.69) is 24.9 Å². The fraction of sp³-hybridized carbons (Fsp3) is 0.304. The predicted octanol–water partition coefficient (Wildman–Crippen LogP) is 5.50. The number of H-pyrrole nitrogens is 1. The molecule has 1 aromatic heterocycles. The van der Waals surface area contributed by atoms with E-state index in [0.717, 1.165) is 27.6 Å². The summed E-state index contributed by atoms with van der Waals surface area (Å²) in [5.41, 5.74) is 5.62. The summed E-state index contributed by atoms with van der Waals surface area (Å²) in [5.74, 6) is -0.804. The van der Waals surface area contributed by atoms with Gasteiger partial charge < -0.3 is 4.98 Å². The second kappa shape index (κ2) is 8.61. The normalized spacial score (nSPS) is 10.3. The first-order chi connectivity index (χ1) is 12.4. The minimum atomic E-state index is -0.430. The number of para-hydroxylation sites is 1. The van der Waals surface area contributed by atoms with Gasteiger partial charge in [-0.3, -0.25) is 9.59 Å². The van der Waals surface area contributed by atoms with Crippen molar-refractivity contribution in [3.05, 3.63) is 70.4 Å². The minimum absolute atomic E-state index is 0.144. The summed E-state index contributed by atoms with van der Waals surface area (Å²) in [5, 5.41) is 0.794. The Morgan fingerprint density at radius 2 is 1.54 bits per heavy atom. The maximum absolute atomic E-state index is 12.5. The highest BCUT2D eigenvalue weighted by molar-refractivity contribution is 6.46. The van der Waals surface area contributed by atoms with Gasteiger partial charge in [0.2, 0.25) is 11.6 Å². The van der Waals surface area contributed by atoms with Gasteiger partial charge in [0, 0.05) is 23.5 Å². The second-order valence-corrected chi connectivity index (χ2v) is 6.75. The number of Topliss-reactive ketones (excluding diaryl/α,β-unsaturated/α-hetero) is 2. The number of nitrogens with one attached hydrogen (secondary N) is 1. The van der Waals surface area contributed by atoms with Crippen molar-refractivity contribution in [1.29, 1.82) is 0 Å². The Bertz CT molecular complexity index is 935. The van der Waals surface area contributed by atoms with Crippen LogP contribution in [0.5, 0.6) is 0 Å². The highest BCUT2D eigenvalue weighted by Crippen LogP contribution is 2.20. The van der Waals surface area contributed by atoms with Crippen LogP contribution in [0.4, 0.5) is 0 Å². The molecule has 0 saturated carbocycles. The first-order valence-corrected chi connectivity index (χ1v) is 9.09. The van der Waals surface area contributed by atoms with Crippen LogP contribution < -0.4 is 0 Å². The van der Waals surface area contributed by atoms with E-state index in [0.29, 0.717) is 5.56 Å². The SMILES string of the molecule is CCC.Cc1cc(C)c(CC(=O)C(=O)c2c[nH]c3ccccc23)cc1C. The molecule has 1 N–H and O–H groups in total. The fourth-order valence-electron chi connectivity index (χ4n) is 2.87. The maximum Gasteiger partial charge on any atom is 0.231 e. The van der Waals surface area contributed by atoms with E-state index < -0.39 is 5.78 Å². The van der Waals surface area contributed by atoms with Crippen molar-refractivity contribution in [2.75, 3.05) is 0 Å². The molecule has 0 saturated heterocycles. The molecule has 2 aromatic carbocycles. The van der Waals surface area contributed by atoms with Gasteiger partial charge >= 0.3 is 0 Å². The Labute approximate surface area is 155 Å². The van der Waals surface area contributed by atoms with Crippen LogP contribution in [0, 0.1) is 20.8 Å². The lowest BCUT2D eigenvalue weighted by atomic mass is 9.95. The zero-order chi connectivity index (χ0) is 19.3. The molecule has 0 aliphatic heterocycles. The zero-order valence-corrected chi connectivity index (χ0v) is 16.3. The number of rotatable bonds is 4. The molecule has 0 fully saturated rings. The number of carbonyl (C=O) groups excluding carboxylic acids is 2. The van der Waals surface area contributed by atoms with Crippen LogP contribution in [0.2, 0.25) is 0 Å². The third kappa shape index (κ3) is 4.29. The van der Waals surface area contributed by atoms with Crippen LogP contribution in [0.25, 0.3) is 10.9 Å². The lowest BCUT2D eigenvalue weighted by Gasteiger charge is -2.09. The van der Waals surface area contributed by atoms with Gasteiger partial charge in [0.05, 0.1) is 5.56 Å². The largest absolute Gasteiger partial charge is 0.360 e. The van der Waals surface area contributed by atoms with Crippen LogP contribution in [0.15, 0.2) is 42.6 Å². The molecule has 0 atom stereocenters. The number of aromatic nitrogens is 1. The maximum atomic E-state index is 12.5. The highest BCUT2D eigenvalue weighted by atomic mass is 16.2. The van der Waals surface area contributed by atoms with Crippen LogP contribution in [-0.4, -0.2) is 16.6 Å². The van der Waals surface area contributed by atoms with E-state index in [9.17, 15) is 9.59 Å². The van der Waals surface area contributed by atoms with E-state index in [1.165, 1.54) is 12.0 Å². The molecule has 1 heterocycles. The lowest BCUT2D eigenvalue weighted by Crippen LogP contribution is -2.17. The number of benzene rings is 2. The van der Waals surface area contributed by atoms with Gasteiger partial charge in [-0.1, -0.05) is 50.6 Å². The molecule has 0 aliphatic rings. The number of hydrogen-bond donors (Lipinski definition) is 1. The Hall–Kier alpha value is -2.68. The molecule has 0 amide bonds. The summed E-state index contributed by atoms with van der Waals surface area (Å²) >= 11 is 0. The molecule has 0 bridgehead atoms. The zero-order valence-electron chi connectivity index (χ0n) is 16.3. The Morgan fingerprint density at radius 3 is 2.23 bits per heavy atom. The number of fused-ring (bicyclic) bond motifs is 1. The number of aryl methyl sites for hydroxylation is 3. The standard InChI is InChI=1S/C20H19NO2.C3H8/c1-12-8-14(3)15(9-13(12)2)10-19(22)20(23)17-11-21-18-7-5-4-6-16(17)18;1-3-2/h4-9,11,21H,10H2,1-3H3;3H2,1-2H3. The van der Waals surface area contributed by atoms with Gasteiger partial charge in [-0.05, 0) is 49.1 Å². The van der Waals surface area contributed by atoms with Crippen LogP contribution >= 0.6 is 0 Å². The number of carbonyl (C=O) groups is 2. The summed E-state index contributed by atoms with van der Waals surface area (Å²) in [6.07, 6.45) is 3.02. The predicted molar refractivity (Wildman–Crippen MR) is 108 cm³/mol.